The van der Waals surface area contributed by atoms with Crippen molar-refractivity contribution in [1.82, 2.24) is 4.90 Å². The zero-order chi connectivity index (χ0) is 18.2. The highest BCUT2D eigenvalue weighted by Gasteiger charge is 2.15. The highest BCUT2D eigenvalue weighted by molar-refractivity contribution is 8.00. The van der Waals surface area contributed by atoms with Crippen LogP contribution in [-0.2, 0) is 9.59 Å². The fraction of sp³-hybridized carbons (Fsp3) is 0.222. The molecule has 0 saturated carbocycles. The van der Waals surface area contributed by atoms with Gasteiger partial charge in [-0.2, -0.15) is 0 Å². The summed E-state index contributed by atoms with van der Waals surface area (Å²) in [6.45, 7) is -0.0562. The maximum absolute atomic E-state index is 13.6. The lowest BCUT2D eigenvalue weighted by Gasteiger charge is -2.17. The number of likely N-dealkylation sites (N-methyl/N-ethyl adjacent to an activating group) is 1. The van der Waals surface area contributed by atoms with Gasteiger partial charge in [0.25, 0.3) is 0 Å². The van der Waals surface area contributed by atoms with Crippen LogP contribution in [0.15, 0.2) is 58.3 Å². The number of benzene rings is 2. The lowest BCUT2D eigenvalue weighted by molar-refractivity contribution is -0.131. The molecule has 1 N–H and O–H groups in total. The third kappa shape index (κ3) is 5.79. The van der Waals surface area contributed by atoms with Crippen LogP contribution >= 0.6 is 23.5 Å². The third-order valence-electron chi connectivity index (χ3n) is 3.38. The molecule has 0 fully saturated rings. The predicted octanol–water partition coefficient (Wildman–Crippen LogP) is 3.74. The van der Waals surface area contributed by atoms with Gasteiger partial charge in [0, 0.05) is 16.8 Å². The molecule has 0 aliphatic heterocycles. The van der Waals surface area contributed by atoms with Crippen molar-refractivity contribution in [3.63, 3.8) is 0 Å². The van der Waals surface area contributed by atoms with E-state index in [1.54, 1.807) is 25.2 Å². The molecule has 0 aromatic heterocycles. The van der Waals surface area contributed by atoms with Crippen molar-refractivity contribution in [3.8, 4) is 0 Å². The summed E-state index contributed by atoms with van der Waals surface area (Å²) in [4.78, 5) is 27.0. The van der Waals surface area contributed by atoms with E-state index < -0.39 is 0 Å². The van der Waals surface area contributed by atoms with Gasteiger partial charge in [-0.3, -0.25) is 9.59 Å². The second-order valence-corrected chi connectivity index (χ2v) is 7.08. The fourth-order valence-electron chi connectivity index (χ4n) is 2.05. The van der Waals surface area contributed by atoms with E-state index in [0.29, 0.717) is 4.90 Å². The monoisotopic (exact) mass is 378 g/mol. The highest BCUT2D eigenvalue weighted by atomic mass is 32.2. The minimum atomic E-state index is -0.352. The Hall–Kier alpha value is -1.99. The maximum Gasteiger partial charge on any atom is 0.244 e. The number of nitrogens with zero attached hydrogens (tertiary/aromatic N) is 1. The molecule has 0 atom stereocenters. The summed E-state index contributed by atoms with van der Waals surface area (Å²) >= 11 is 2.65. The van der Waals surface area contributed by atoms with Crippen LogP contribution in [0.3, 0.4) is 0 Å². The van der Waals surface area contributed by atoms with E-state index in [1.807, 2.05) is 30.5 Å². The van der Waals surface area contributed by atoms with E-state index in [4.69, 9.17) is 0 Å². The summed E-state index contributed by atoms with van der Waals surface area (Å²) in [6.07, 6.45) is 1.93. The molecule has 0 aliphatic rings. The Labute approximate surface area is 155 Å². The molecule has 132 valence electrons. The molecule has 4 nitrogen and oxygen atoms in total. The molecule has 2 amide bonds. The topological polar surface area (TPSA) is 49.4 Å². The van der Waals surface area contributed by atoms with Gasteiger partial charge in [0.15, 0.2) is 0 Å². The summed E-state index contributed by atoms with van der Waals surface area (Å²) in [6, 6.07) is 13.8. The average Bonchev–Trinajstić information content (AvgIpc) is 2.61. The van der Waals surface area contributed by atoms with Crippen molar-refractivity contribution >= 4 is 41.0 Å². The molecule has 0 unspecified atom stereocenters. The van der Waals surface area contributed by atoms with Crippen molar-refractivity contribution in [2.24, 2.45) is 0 Å². The van der Waals surface area contributed by atoms with E-state index in [2.05, 4.69) is 5.32 Å². The number of thioether (sulfide) groups is 2. The van der Waals surface area contributed by atoms with Gasteiger partial charge >= 0.3 is 0 Å². The Bertz CT molecular complexity index is 755. The minimum absolute atomic E-state index is 0.0562. The van der Waals surface area contributed by atoms with E-state index in [-0.39, 0.29) is 29.9 Å². The van der Waals surface area contributed by atoms with Crippen LogP contribution in [-0.4, -0.2) is 42.3 Å². The minimum Gasteiger partial charge on any atom is -0.336 e. The van der Waals surface area contributed by atoms with Crippen LogP contribution in [0.5, 0.6) is 0 Å². The first kappa shape index (κ1) is 19.3. The molecule has 0 aliphatic carbocycles. The summed E-state index contributed by atoms with van der Waals surface area (Å²) in [5.41, 5.74) is 0.724. The lowest BCUT2D eigenvalue weighted by atomic mass is 10.3. The molecule has 0 radical (unpaired) electrons. The van der Waals surface area contributed by atoms with E-state index in [9.17, 15) is 14.0 Å². The second kappa shape index (κ2) is 9.48. The number of carbonyl (C=O) groups is 2. The average molecular weight is 378 g/mol. The largest absolute Gasteiger partial charge is 0.336 e. The summed E-state index contributed by atoms with van der Waals surface area (Å²) in [5.74, 6) is -0.782. The number of halogens is 1. The number of amides is 2. The van der Waals surface area contributed by atoms with E-state index in [1.165, 1.54) is 22.7 Å². The number of hydrogen-bond donors (Lipinski definition) is 1. The van der Waals surface area contributed by atoms with Crippen LogP contribution in [0.4, 0.5) is 10.1 Å². The van der Waals surface area contributed by atoms with Gasteiger partial charge < -0.3 is 10.2 Å². The van der Waals surface area contributed by atoms with Gasteiger partial charge in [-0.05, 0) is 30.5 Å². The predicted molar refractivity (Wildman–Crippen MR) is 102 cm³/mol. The number of hydrogen-bond acceptors (Lipinski definition) is 4. The van der Waals surface area contributed by atoms with Crippen LogP contribution in [0.1, 0.15) is 0 Å². The molecular weight excluding hydrogens is 359 g/mol. The standard InChI is InChI=1S/C18H19FN2O2S2/c1-21(18(23)12-25-15-9-5-3-7-13(15)19)11-17(22)20-14-8-4-6-10-16(14)24-2/h3-10H,11-12H2,1-2H3,(H,20,22). The number of nitrogens with one attached hydrogen (secondary N) is 1. The number of anilines is 1. The molecule has 7 heteroatoms. The van der Waals surface area contributed by atoms with Gasteiger partial charge in [0.1, 0.15) is 5.82 Å². The summed E-state index contributed by atoms with van der Waals surface area (Å²) < 4.78 is 13.6. The first-order chi connectivity index (χ1) is 12.0. The summed E-state index contributed by atoms with van der Waals surface area (Å²) in [7, 11) is 1.56. The van der Waals surface area contributed by atoms with Crippen LogP contribution in [0, 0.1) is 5.82 Å². The first-order valence-electron chi connectivity index (χ1n) is 7.55. The normalized spacial score (nSPS) is 10.4. The number of rotatable bonds is 7. The van der Waals surface area contributed by atoms with Gasteiger partial charge in [-0.1, -0.05) is 24.3 Å². The highest BCUT2D eigenvalue weighted by Crippen LogP contribution is 2.24. The Balaban J connectivity index is 1.86. The smallest absolute Gasteiger partial charge is 0.244 e. The van der Waals surface area contributed by atoms with Gasteiger partial charge in [-0.15, -0.1) is 23.5 Å². The quantitative estimate of drug-likeness (QED) is 0.746. The molecule has 2 aromatic carbocycles. The molecule has 0 bridgehead atoms. The fourth-order valence-corrected chi connectivity index (χ4v) is 3.49. The van der Waals surface area contributed by atoms with Crippen LogP contribution < -0.4 is 5.32 Å². The van der Waals surface area contributed by atoms with Crippen molar-refractivity contribution in [3.05, 3.63) is 54.3 Å². The van der Waals surface area contributed by atoms with Gasteiger partial charge in [-0.25, -0.2) is 4.39 Å². The van der Waals surface area contributed by atoms with Crippen molar-refractivity contribution < 1.29 is 14.0 Å². The maximum atomic E-state index is 13.6. The molecule has 0 heterocycles. The lowest BCUT2D eigenvalue weighted by Crippen LogP contribution is -2.36. The molecule has 25 heavy (non-hydrogen) atoms. The molecule has 0 saturated heterocycles. The Morgan fingerprint density at radius 3 is 2.40 bits per heavy atom. The van der Waals surface area contributed by atoms with Crippen molar-refractivity contribution in [2.75, 3.05) is 30.9 Å². The Morgan fingerprint density at radius 1 is 1.08 bits per heavy atom. The summed E-state index contributed by atoms with van der Waals surface area (Å²) in [5, 5.41) is 2.81. The SMILES string of the molecule is CSc1ccccc1NC(=O)CN(C)C(=O)CSc1ccccc1F. The molecule has 2 aromatic rings. The van der Waals surface area contributed by atoms with Crippen molar-refractivity contribution in [1.29, 1.82) is 0 Å². The van der Waals surface area contributed by atoms with Crippen molar-refractivity contribution in [2.45, 2.75) is 9.79 Å². The molecule has 2 rings (SSSR count). The number of carbonyl (C=O) groups excluding carboxylic acids is 2. The van der Waals surface area contributed by atoms with Crippen LogP contribution in [0.2, 0.25) is 0 Å². The molecule has 0 spiro atoms. The van der Waals surface area contributed by atoms with E-state index >= 15 is 0 Å². The Kier molecular flexibility index (Phi) is 7.33. The first-order valence-corrected chi connectivity index (χ1v) is 9.76. The third-order valence-corrected chi connectivity index (χ3v) is 5.20. The van der Waals surface area contributed by atoms with Gasteiger partial charge in [0.2, 0.25) is 11.8 Å². The van der Waals surface area contributed by atoms with Crippen LogP contribution in [0.25, 0.3) is 0 Å². The Morgan fingerprint density at radius 2 is 1.72 bits per heavy atom. The van der Waals surface area contributed by atoms with Gasteiger partial charge in [0.05, 0.1) is 18.0 Å². The van der Waals surface area contributed by atoms with E-state index in [0.717, 1.165) is 22.3 Å². The molecular formula is C18H19FN2O2S2. The zero-order valence-corrected chi connectivity index (χ0v) is 15.6. The number of para-hydroxylation sites is 1. The second-order valence-electron chi connectivity index (χ2n) is 5.22. The zero-order valence-electron chi connectivity index (χ0n) is 14.0.